The van der Waals surface area contributed by atoms with E-state index in [2.05, 4.69) is 23.1 Å². The number of likely N-dealkylation sites (tertiary alicyclic amines) is 1. The van der Waals surface area contributed by atoms with Gasteiger partial charge < -0.3 is 5.73 Å². The van der Waals surface area contributed by atoms with Gasteiger partial charge in [0.05, 0.1) is 12.7 Å². The molecule has 23 heavy (non-hydrogen) atoms. The molecule has 0 aliphatic carbocycles. The van der Waals surface area contributed by atoms with Crippen LogP contribution >= 0.6 is 12.4 Å². The fraction of sp³-hybridized carbons (Fsp3) is 0.471. The first-order valence-corrected chi connectivity index (χ1v) is 7.75. The topological polar surface area (TPSA) is 47.1 Å². The summed E-state index contributed by atoms with van der Waals surface area (Å²) in [4.78, 5) is 2.44. The van der Waals surface area contributed by atoms with Crippen LogP contribution in [0.1, 0.15) is 24.5 Å². The minimum absolute atomic E-state index is 0. The van der Waals surface area contributed by atoms with Gasteiger partial charge in [0.25, 0.3) is 0 Å². The van der Waals surface area contributed by atoms with Crippen LogP contribution in [0.5, 0.6) is 0 Å². The third kappa shape index (κ3) is 4.53. The summed E-state index contributed by atoms with van der Waals surface area (Å²) in [5, 5.41) is 4.40. The molecule has 0 spiro atoms. The lowest BCUT2D eigenvalue weighted by Crippen LogP contribution is -2.31. The third-order valence-corrected chi connectivity index (χ3v) is 4.48. The number of nitrogens with two attached hydrogens (primary N) is 1. The minimum atomic E-state index is -0.207. The van der Waals surface area contributed by atoms with Crippen LogP contribution in [0, 0.1) is 11.2 Å². The molecule has 0 saturated carbocycles. The molecule has 1 unspecified atom stereocenters. The summed E-state index contributed by atoms with van der Waals surface area (Å²) in [5.41, 5.74) is 8.37. The first-order chi connectivity index (χ1) is 10.6. The van der Waals surface area contributed by atoms with Crippen molar-refractivity contribution in [2.24, 2.45) is 11.1 Å². The maximum absolute atomic E-state index is 12.9. The highest BCUT2D eigenvalue weighted by Crippen LogP contribution is 2.29. The molecule has 1 aliphatic heterocycles. The average Bonchev–Trinajstić information content (AvgIpc) is 3.10. The Labute approximate surface area is 142 Å². The zero-order valence-electron chi connectivity index (χ0n) is 13.4. The quantitative estimate of drug-likeness (QED) is 0.911. The molecule has 2 aromatic rings. The lowest BCUT2D eigenvalue weighted by atomic mass is 9.90. The summed E-state index contributed by atoms with van der Waals surface area (Å²) in [6, 6.07) is 6.56. The Balaban J connectivity index is 0.00000192. The molecule has 6 heteroatoms. The summed E-state index contributed by atoms with van der Waals surface area (Å²) < 4.78 is 14.8. The van der Waals surface area contributed by atoms with Gasteiger partial charge in [-0.05, 0) is 42.6 Å². The van der Waals surface area contributed by atoms with Gasteiger partial charge in [0.1, 0.15) is 5.82 Å². The molecule has 1 aliphatic rings. The van der Waals surface area contributed by atoms with E-state index in [1.165, 1.54) is 17.7 Å². The van der Waals surface area contributed by atoms with Crippen molar-refractivity contribution < 1.29 is 4.39 Å². The average molecular weight is 339 g/mol. The highest BCUT2D eigenvalue weighted by atomic mass is 35.5. The molecule has 1 fully saturated rings. The van der Waals surface area contributed by atoms with Crippen molar-refractivity contribution in [3.63, 3.8) is 0 Å². The number of hydrogen-bond acceptors (Lipinski definition) is 3. The van der Waals surface area contributed by atoms with Crippen molar-refractivity contribution >= 4 is 12.4 Å². The predicted octanol–water partition coefficient (Wildman–Crippen LogP) is 2.66. The van der Waals surface area contributed by atoms with Crippen molar-refractivity contribution in [2.75, 3.05) is 19.6 Å². The molecule has 1 atom stereocenters. The van der Waals surface area contributed by atoms with Gasteiger partial charge in [-0.3, -0.25) is 9.58 Å². The van der Waals surface area contributed by atoms with E-state index < -0.39 is 0 Å². The SMILES string of the molecule is CC1(CN)CCN(Cc2cnn(Cc3ccc(F)cc3)c2)C1.Cl. The van der Waals surface area contributed by atoms with Gasteiger partial charge in [-0.1, -0.05) is 19.1 Å². The highest BCUT2D eigenvalue weighted by Gasteiger charge is 2.32. The summed E-state index contributed by atoms with van der Waals surface area (Å²) in [7, 11) is 0. The number of hydrogen-bond donors (Lipinski definition) is 1. The molecule has 0 amide bonds. The van der Waals surface area contributed by atoms with Crippen LogP contribution in [0.15, 0.2) is 36.7 Å². The molecule has 4 nitrogen and oxygen atoms in total. The second-order valence-corrected chi connectivity index (χ2v) is 6.65. The number of aromatic nitrogens is 2. The van der Waals surface area contributed by atoms with E-state index in [0.717, 1.165) is 38.2 Å². The zero-order valence-corrected chi connectivity index (χ0v) is 14.2. The predicted molar refractivity (Wildman–Crippen MR) is 92.0 cm³/mol. The van der Waals surface area contributed by atoms with Crippen LogP contribution in [-0.4, -0.2) is 34.3 Å². The first kappa shape index (κ1) is 17.9. The van der Waals surface area contributed by atoms with E-state index in [9.17, 15) is 4.39 Å². The van der Waals surface area contributed by atoms with Gasteiger partial charge in [0, 0.05) is 24.8 Å². The number of halogens is 2. The van der Waals surface area contributed by atoms with Crippen LogP contribution in [0.25, 0.3) is 0 Å². The van der Waals surface area contributed by atoms with E-state index >= 15 is 0 Å². The molecule has 1 aromatic heterocycles. The zero-order chi connectivity index (χ0) is 15.6. The van der Waals surface area contributed by atoms with Crippen molar-refractivity contribution in [3.8, 4) is 0 Å². The summed E-state index contributed by atoms with van der Waals surface area (Å²) >= 11 is 0. The van der Waals surface area contributed by atoms with Crippen LogP contribution in [0.2, 0.25) is 0 Å². The van der Waals surface area contributed by atoms with Gasteiger partial charge in [-0.2, -0.15) is 5.10 Å². The number of nitrogens with zero attached hydrogens (tertiary/aromatic N) is 3. The smallest absolute Gasteiger partial charge is 0.123 e. The van der Waals surface area contributed by atoms with Crippen LogP contribution < -0.4 is 5.73 Å². The Morgan fingerprint density at radius 2 is 1.96 bits per heavy atom. The highest BCUT2D eigenvalue weighted by molar-refractivity contribution is 5.85. The molecule has 0 radical (unpaired) electrons. The molecular weight excluding hydrogens is 315 g/mol. The molecule has 2 heterocycles. The van der Waals surface area contributed by atoms with Crippen LogP contribution in [-0.2, 0) is 13.1 Å². The Morgan fingerprint density at radius 3 is 2.61 bits per heavy atom. The Kier molecular flexibility index (Phi) is 5.79. The van der Waals surface area contributed by atoms with Gasteiger partial charge in [-0.15, -0.1) is 12.4 Å². The number of rotatable bonds is 5. The van der Waals surface area contributed by atoms with Crippen molar-refractivity contribution in [1.82, 2.24) is 14.7 Å². The fourth-order valence-corrected chi connectivity index (χ4v) is 3.04. The monoisotopic (exact) mass is 338 g/mol. The third-order valence-electron chi connectivity index (χ3n) is 4.48. The van der Waals surface area contributed by atoms with E-state index in [4.69, 9.17) is 5.73 Å². The van der Waals surface area contributed by atoms with E-state index in [-0.39, 0.29) is 23.6 Å². The van der Waals surface area contributed by atoms with Gasteiger partial charge in [-0.25, -0.2) is 4.39 Å². The molecule has 1 aromatic carbocycles. The molecule has 126 valence electrons. The largest absolute Gasteiger partial charge is 0.330 e. The lowest BCUT2D eigenvalue weighted by molar-refractivity contribution is 0.274. The van der Waals surface area contributed by atoms with Gasteiger partial charge >= 0.3 is 0 Å². The molecule has 0 bridgehead atoms. The second kappa shape index (κ2) is 7.43. The Morgan fingerprint density at radius 1 is 1.22 bits per heavy atom. The molecule has 1 saturated heterocycles. The molecule has 3 rings (SSSR count). The standard InChI is InChI=1S/C17H23FN4.ClH/c1-17(12-19)6-7-21(13-17)9-15-8-20-22(11-15)10-14-2-4-16(18)5-3-14;/h2-5,8,11H,6-7,9-10,12-13,19H2,1H3;1H. The fourth-order valence-electron chi connectivity index (χ4n) is 3.04. The molecule has 2 N–H and O–H groups in total. The summed E-state index contributed by atoms with van der Waals surface area (Å²) in [6.45, 7) is 6.72. The normalized spacial score (nSPS) is 21.3. The Hall–Kier alpha value is -1.43. The van der Waals surface area contributed by atoms with Crippen molar-refractivity contribution in [1.29, 1.82) is 0 Å². The maximum Gasteiger partial charge on any atom is 0.123 e. The van der Waals surface area contributed by atoms with E-state index in [0.29, 0.717) is 6.54 Å². The van der Waals surface area contributed by atoms with Gasteiger partial charge in [0.2, 0.25) is 0 Å². The first-order valence-electron chi connectivity index (χ1n) is 7.75. The summed E-state index contributed by atoms with van der Waals surface area (Å²) in [6.07, 6.45) is 5.15. The Bertz CT molecular complexity index is 628. The maximum atomic E-state index is 12.9. The summed E-state index contributed by atoms with van der Waals surface area (Å²) in [5.74, 6) is -0.207. The van der Waals surface area contributed by atoms with Crippen molar-refractivity contribution in [3.05, 3.63) is 53.6 Å². The van der Waals surface area contributed by atoms with E-state index in [1.54, 1.807) is 12.1 Å². The minimum Gasteiger partial charge on any atom is -0.330 e. The van der Waals surface area contributed by atoms with Crippen molar-refractivity contribution in [2.45, 2.75) is 26.4 Å². The van der Waals surface area contributed by atoms with E-state index in [1.807, 2.05) is 10.9 Å². The van der Waals surface area contributed by atoms with Crippen LogP contribution in [0.4, 0.5) is 4.39 Å². The number of benzene rings is 1. The second-order valence-electron chi connectivity index (χ2n) is 6.65. The lowest BCUT2D eigenvalue weighted by Gasteiger charge is -2.22. The van der Waals surface area contributed by atoms with Gasteiger partial charge in [0.15, 0.2) is 0 Å². The molecular formula is C17H24ClFN4. The van der Waals surface area contributed by atoms with Crippen LogP contribution in [0.3, 0.4) is 0 Å².